The van der Waals surface area contributed by atoms with Gasteiger partial charge in [-0.1, -0.05) is 0 Å². The number of nitrogens with one attached hydrogen (secondary N) is 1. The summed E-state index contributed by atoms with van der Waals surface area (Å²) in [6.45, 7) is 2.52. The highest BCUT2D eigenvalue weighted by Gasteiger charge is 2.38. The van der Waals surface area contributed by atoms with Crippen LogP contribution in [0.15, 0.2) is 0 Å². The molecule has 3 saturated heterocycles. The molecule has 2 bridgehead atoms. The maximum atomic E-state index is 10.6. The van der Waals surface area contributed by atoms with Crippen LogP contribution in [0.4, 0.5) is 26.3 Å². The molecule has 0 amide bonds. The second kappa shape index (κ2) is 7.63. The molecule has 3 N–H and O–H groups in total. The fraction of sp³-hybridized carbons (Fsp3) is 0.800. The van der Waals surface area contributed by atoms with Crippen molar-refractivity contribution in [3.63, 3.8) is 0 Å². The molecule has 0 radical (unpaired) electrons. The molecule has 2 atom stereocenters. The van der Waals surface area contributed by atoms with Crippen molar-refractivity contribution in [2.75, 3.05) is 20.1 Å². The van der Waals surface area contributed by atoms with Crippen LogP contribution >= 0.6 is 0 Å². The van der Waals surface area contributed by atoms with E-state index in [0.717, 1.165) is 12.1 Å². The van der Waals surface area contributed by atoms with Crippen molar-refractivity contribution < 1.29 is 46.1 Å². The number of carboxylic acid groups (broad SMARTS) is 2. The molecule has 3 aliphatic heterocycles. The van der Waals surface area contributed by atoms with Gasteiger partial charge in [-0.05, 0) is 13.5 Å². The van der Waals surface area contributed by atoms with Crippen LogP contribution in [0.3, 0.4) is 0 Å². The van der Waals surface area contributed by atoms with Crippen LogP contribution in [0.1, 0.15) is 6.42 Å². The van der Waals surface area contributed by atoms with E-state index in [9.17, 15) is 26.3 Å². The highest BCUT2D eigenvalue weighted by Crippen LogP contribution is 2.18. The molecule has 0 aromatic rings. The minimum atomic E-state index is -5.08. The third kappa shape index (κ3) is 8.02. The first-order chi connectivity index (χ1) is 9.73. The van der Waals surface area contributed by atoms with E-state index >= 15 is 0 Å². The van der Waals surface area contributed by atoms with Gasteiger partial charge in [0, 0.05) is 25.2 Å². The fourth-order valence-electron chi connectivity index (χ4n) is 1.73. The second-order valence-corrected chi connectivity index (χ2v) is 4.62. The molecule has 0 aliphatic carbocycles. The van der Waals surface area contributed by atoms with E-state index in [2.05, 4.69) is 17.3 Å². The zero-order chi connectivity index (χ0) is 17.7. The minimum Gasteiger partial charge on any atom is -0.475 e. The van der Waals surface area contributed by atoms with Gasteiger partial charge in [-0.2, -0.15) is 26.3 Å². The summed E-state index contributed by atoms with van der Waals surface area (Å²) in [4.78, 5) is 20.2. The number of carbonyl (C=O) groups is 2. The smallest absolute Gasteiger partial charge is 0.475 e. The van der Waals surface area contributed by atoms with Gasteiger partial charge in [-0.25, -0.2) is 9.59 Å². The quantitative estimate of drug-likeness (QED) is 0.569. The molecular formula is C10H14F6N2O4. The Kier molecular flexibility index (Phi) is 7.09. The van der Waals surface area contributed by atoms with Gasteiger partial charge in [0.2, 0.25) is 0 Å². The summed E-state index contributed by atoms with van der Waals surface area (Å²) in [6.07, 6.45) is -8.75. The Morgan fingerprint density at radius 3 is 1.27 bits per heavy atom. The first kappa shape index (κ1) is 20.4. The molecule has 6 nitrogen and oxygen atoms in total. The van der Waals surface area contributed by atoms with Gasteiger partial charge in [-0.3, -0.25) is 0 Å². The van der Waals surface area contributed by atoms with E-state index in [1.54, 1.807) is 0 Å². The summed E-state index contributed by atoms with van der Waals surface area (Å²) in [5.41, 5.74) is 0. The largest absolute Gasteiger partial charge is 0.490 e. The number of carboxylic acids is 2. The number of fused-ring (bicyclic) bond motifs is 2. The first-order valence-electron chi connectivity index (χ1n) is 5.78. The minimum absolute atomic E-state index is 0.832. The van der Waals surface area contributed by atoms with E-state index in [1.807, 2.05) is 0 Å². The Morgan fingerprint density at radius 1 is 0.955 bits per heavy atom. The van der Waals surface area contributed by atoms with E-state index < -0.39 is 24.3 Å². The van der Waals surface area contributed by atoms with Gasteiger partial charge in [0.1, 0.15) is 0 Å². The van der Waals surface area contributed by atoms with Gasteiger partial charge >= 0.3 is 24.3 Å². The van der Waals surface area contributed by atoms with E-state index in [4.69, 9.17) is 19.8 Å². The molecule has 0 saturated carbocycles. The number of hydrogen-bond acceptors (Lipinski definition) is 4. The topological polar surface area (TPSA) is 89.9 Å². The summed E-state index contributed by atoms with van der Waals surface area (Å²) < 4.78 is 63.5. The van der Waals surface area contributed by atoms with Gasteiger partial charge in [0.15, 0.2) is 0 Å². The molecule has 0 aromatic heterocycles. The van der Waals surface area contributed by atoms with Crippen molar-refractivity contribution in [2.45, 2.75) is 30.9 Å². The molecule has 3 aliphatic rings. The Labute approximate surface area is 120 Å². The van der Waals surface area contributed by atoms with Crippen LogP contribution in [0.2, 0.25) is 0 Å². The lowest BCUT2D eigenvalue weighted by Gasteiger charge is -2.47. The predicted octanol–water partition coefficient (Wildman–Crippen LogP) is 0.929. The number of piperidine rings is 1. The first-order valence-corrected chi connectivity index (χ1v) is 5.78. The molecule has 0 aromatic carbocycles. The number of hydrogen-bond donors (Lipinski definition) is 3. The molecule has 2 unspecified atom stereocenters. The van der Waals surface area contributed by atoms with Crippen molar-refractivity contribution in [3.8, 4) is 0 Å². The Balaban J connectivity index is 0.000000303. The van der Waals surface area contributed by atoms with Crippen LogP contribution in [-0.2, 0) is 9.59 Å². The summed E-state index contributed by atoms with van der Waals surface area (Å²) in [7, 11) is 2.19. The summed E-state index contributed by atoms with van der Waals surface area (Å²) in [5, 5.41) is 17.7. The molecule has 3 fully saturated rings. The van der Waals surface area contributed by atoms with Crippen molar-refractivity contribution >= 4 is 11.9 Å². The lowest BCUT2D eigenvalue weighted by atomic mass is 9.92. The highest BCUT2D eigenvalue weighted by atomic mass is 19.4. The monoisotopic (exact) mass is 340 g/mol. The molecule has 0 spiro atoms. The maximum Gasteiger partial charge on any atom is 0.490 e. The average molecular weight is 340 g/mol. The zero-order valence-electron chi connectivity index (χ0n) is 11.2. The number of rotatable bonds is 0. The standard InChI is InChI=1S/C6H12N2.2C2HF3O2/c1-8-3-5-2-6(4-8)7-5;2*3-2(4,5)1(6)7/h5-7H,2-4H2,1H3;2*(H,6,7). The van der Waals surface area contributed by atoms with Crippen LogP contribution < -0.4 is 5.32 Å². The Morgan fingerprint density at radius 2 is 1.18 bits per heavy atom. The number of aliphatic carboxylic acids is 2. The number of alkyl halides is 6. The molecule has 130 valence electrons. The molecule has 3 rings (SSSR count). The third-order valence-electron chi connectivity index (χ3n) is 2.59. The number of nitrogens with zero attached hydrogens (tertiary/aromatic N) is 1. The molecule has 3 heterocycles. The fourth-order valence-corrected chi connectivity index (χ4v) is 1.73. The van der Waals surface area contributed by atoms with Crippen LogP contribution in [0.5, 0.6) is 0 Å². The van der Waals surface area contributed by atoms with Crippen LogP contribution in [-0.4, -0.2) is 71.6 Å². The third-order valence-corrected chi connectivity index (χ3v) is 2.59. The van der Waals surface area contributed by atoms with Crippen molar-refractivity contribution in [1.82, 2.24) is 10.2 Å². The lowest BCUT2D eigenvalue weighted by molar-refractivity contribution is -0.193. The van der Waals surface area contributed by atoms with Crippen LogP contribution in [0.25, 0.3) is 0 Å². The van der Waals surface area contributed by atoms with E-state index in [-0.39, 0.29) is 0 Å². The number of likely N-dealkylation sites (N-methyl/N-ethyl adjacent to an activating group) is 1. The SMILES string of the molecule is CN1CC2CC(C1)N2.O=C(O)C(F)(F)F.O=C(O)C(F)(F)F. The van der Waals surface area contributed by atoms with Crippen LogP contribution in [0, 0.1) is 0 Å². The average Bonchev–Trinajstić information content (AvgIpc) is 2.26. The van der Waals surface area contributed by atoms with Gasteiger partial charge in [0.25, 0.3) is 0 Å². The second-order valence-electron chi connectivity index (χ2n) is 4.62. The van der Waals surface area contributed by atoms with Crippen molar-refractivity contribution in [3.05, 3.63) is 0 Å². The molecule has 12 heteroatoms. The van der Waals surface area contributed by atoms with Crippen molar-refractivity contribution in [1.29, 1.82) is 0 Å². The molecular weight excluding hydrogens is 326 g/mol. The van der Waals surface area contributed by atoms with E-state index in [1.165, 1.54) is 19.5 Å². The van der Waals surface area contributed by atoms with Gasteiger partial charge in [-0.15, -0.1) is 0 Å². The number of piperazine rings is 1. The normalized spacial score (nSPS) is 24.0. The summed E-state index contributed by atoms with van der Waals surface area (Å²) in [5.74, 6) is -5.51. The summed E-state index contributed by atoms with van der Waals surface area (Å²) >= 11 is 0. The van der Waals surface area contributed by atoms with E-state index in [0.29, 0.717) is 0 Å². The van der Waals surface area contributed by atoms with Gasteiger partial charge < -0.3 is 20.4 Å². The Bertz CT molecular complexity index is 358. The highest BCUT2D eigenvalue weighted by molar-refractivity contribution is 5.73. The Hall–Kier alpha value is -1.56. The lowest BCUT2D eigenvalue weighted by Crippen LogP contribution is -2.65. The molecule has 22 heavy (non-hydrogen) atoms. The number of halogens is 6. The van der Waals surface area contributed by atoms with Gasteiger partial charge in [0.05, 0.1) is 0 Å². The van der Waals surface area contributed by atoms with Crippen molar-refractivity contribution in [2.24, 2.45) is 0 Å². The maximum absolute atomic E-state index is 10.6. The predicted molar refractivity (Wildman–Crippen MR) is 60.2 cm³/mol. The zero-order valence-corrected chi connectivity index (χ0v) is 11.2. The summed E-state index contributed by atoms with van der Waals surface area (Å²) in [6, 6.07) is 1.66.